The molecule has 4 heterocycles. The molecule has 0 amide bonds. The summed E-state index contributed by atoms with van der Waals surface area (Å²) in [5, 5.41) is 3.94. The quantitative estimate of drug-likeness (QED) is 0.157. The maximum absolute atomic E-state index is 13.4. The van der Waals surface area contributed by atoms with E-state index in [1.165, 1.54) is 14.2 Å². The Hall–Kier alpha value is -3.50. The monoisotopic (exact) mass is 983 g/mol. The smallest absolute Gasteiger partial charge is 0.313 e. The molecule has 0 radical (unpaired) electrons. The summed E-state index contributed by atoms with van der Waals surface area (Å²) in [5.41, 5.74) is -1.21. The number of esters is 2. The fraction of sp³-hybridized carbons (Fsp3) is 0.731. The van der Waals surface area contributed by atoms with Crippen LogP contribution < -0.4 is 9.47 Å². The zero-order valence-corrected chi connectivity index (χ0v) is 42.2. The van der Waals surface area contributed by atoms with Gasteiger partial charge >= 0.3 is 11.9 Å². The summed E-state index contributed by atoms with van der Waals surface area (Å²) in [7, 11) is 9.44. The molecule has 4 bridgehead atoms. The molecule has 8 fully saturated rings. The van der Waals surface area contributed by atoms with Crippen LogP contribution in [0.15, 0.2) is 48.5 Å². The molecule has 4 aliphatic carbocycles. The van der Waals surface area contributed by atoms with Gasteiger partial charge in [-0.25, -0.2) is 0 Å². The van der Waals surface area contributed by atoms with Gasteiger partial charge in [0.1, 0.15) is 48.1 Å². The van der Waals surface area contributed by atoms with E-state index in [1.807, 2.05) is 72.5 Å². The number of ether oxygens (including phenoxy) is 12. The molecule has 0 unspecified atom stereocenters. The predicted molar refractivity (Wildman–Crippen MR) is 248 cm³/mol. The molecular formula is C52H74N2O16. The zero-order valence-electron chi connectivity index (χ0n) is 42.2. The molecule has 18 nitrogen and oxygen atoms in total. The van der Waals surface area contributed by atoms with Crippen LogP contribution in [0.4, 0.5) is 0 Å². The van der Waals surface area contributed by atoms with Crippen LogP contribution >= 0.6 is 0 Å². The maximum atomic E-state index is 13.4. The van der Waals surface area contributed by atoms with Gasteiger partial charge in [-0.1, -0.05) is 24.3 Å². The second kappa shape index (κ2) is 20.8. The van der Waals surface area contributed by atoms with E-state index in [4.69, 9.17) is 66.5 Å². The van der Waals surface area contributed by atoms with Crippen molar-refractivity contribution in [3.05, 3.63) is 59.7 Å². The number of nitrogens with zero attached hydrogens (tertiary/aromatic N) is 2. The Morgan fingerprint density at radius 1 is 0.543 bits per heavy atom. The largest absolute Gasteiger partial charge is 0.497 e. The molecular weight excluding hydrogens is 909 g/mol. The van der Waals surface area contributed by atoms with Gasteiger partial charge in [0, 0.05) is 40.2 Å². The van der Waals surface area contributed by atoms with E-state index in [9.17, 15) is 9.59 Å². The van der Waals surface area contributed by atoms with Gasteiger partial charge in [0.15, 0.2) is 11.6 Å². The van der Waals surface area contributed by atoms with Crippen LogP contribution in [0.5, 0.6) is 11.5 Å². The van der Waals surface area contributed by atoms with Gasteiger partial charge in [-0.2, -0.15) is 10.1 Å². The van der Waals surface area contributed by atoms with Crippen molar-refractivity contribution in [3.8, 4) is 11.5 Å². The third-order valence-corrected chi connectivity index (χ3v) is 17.3. The van der Waals surface area contributed by atoms with E-state index >= 15 is 0 Å². The van der Waals surface area contributed by atoms with Crippen molar-refractivity contribution in [2.75, 3.05) is 82.7 Å². The van der Waals surface area contributed by atoms with Crippen LogP contribution in [0.25, 0.3) is 0 Å². The standard InChI is InChI=1S/2C26H37NO8/c2*1-24-22(23(28)31-4)20(27(35-24)16-18-6-8-19(30-3)9-7-18)10-11-21(32-17-29-2)25(24)12-5-13-26(25)33-14-15-34-26/h2*6-9,20-22H,5,10-17H2,1-4H3/t2*20-,21-,22+,24-,25-/m10/s1. The average Bonchev–Trinajstić information content (AvgIpc) is 4.25. The third kappa shape index (κ3) is 8.16. The summed E-state index contributed by atoms with van der Waals surface area (Å²) >= 11 is 0. The Labute approximate surface area is 411 Å². The number of rotatable bonds is 14. The normalized spacial score (nSPS) is 36.1. The minimum absolute atomic E-state index is 0.154. The average molecular weight is 983 g/mol. The van der Waals surface area contributed by atoms with Gasteiger partial charge < -0.3 is 56.8 Å². The summed E-state index contributed by atoms with van der Waals surface area (Å²) in [5.74, 6) is -1.76. The lowest BCUT2D eigenvalue weighted by molar-refractivity contribution is -0.352. The molecule has 4 saturated carbocycles. The zero-order chi connectivity index (χ0) is 49.4. The number of methoxy groups -OCH3 is 6. The number of benzene rings is 2. The molecule has 4 spiro atoms. The first-order valence-corrected chi connectivity index (χ1v) is 25.0. The summed E-state index contributed by atoms with van der Waals surface area (Å²) in [4.78, 5) is 40.7. The Morgan fingerprint density at radius 2 is 0.914 bits per heavy atom. The van der Waals surface area contributed by atoms with E-state index in [1.54, 1.807) is 28.4 Å². The SMILES string of the molecule is COCO[C@@H]1CC[C@@H]2[C@@H](C(=O)OC)[C@@](C)(ON2Cc2ccc(OC)cc2)[C@@]12CCCC21OCCO1.COCO[C@H]1CC[C@H]2[C@H](C(=O)OC)[C@](C)(ON2Cc2ccc(OC)cc2)[C@]12CCCC21OCCO1. The van der Waals surface area contributed by atoms with Gasteiger partial charge in [-0.15, -0.1) is 0 Å². The van der Waals surface area contributed by atoms with Gasteiger partial charge in [0.2, 0.25) is 0 Å². The second-order valence-electron chi connectivity index (χ2n) is 20.2. The molecule has 10 rings (SSSR count). The van der Waals surface area contributed by atoms with E-state index < -0.39 is 45.4 Å². The first-order chi connectivity index (χ1) is 33.9. The van der Waals surface area contributed by atoms with Crippen molar-refractivity contribution in [2.24, 2.45) is 22.7 Å². The fourth-order valence-corrected chi connectivity index (χ4v) is 14.6. The highest BCUT2D eigenvalue weighted by atomic mass is 16.8. The Bertz CT molecular complexity index is 1940. The third-order valence-electron chi connectivity index (χ3n) is 17.3. The van der Waals surface area contributed by atoms with E-state index in [0.717, 1.165) is 74.0 Å². The van der Waals surface area contributed by atoms with E-state index in [0.29, 0.717) is 52.4 Å². The summed E-state index contributed by atoms with van der Waals surface area (Å²) in [6.45, 7) is 7.48. The number of carbonyl (C=O) groups is 2. The van der Waals surface area contributed by atoms with E-state index in [2.05, 4.69) is 0 Å². The first-order valence-electron chi connectivity index (χ1n) is 25.0. The van der Waals surface area contributed by atoms with Crippen molar-refractivity contribution in [2.45, 2.75) is 138 Å². The van der Waals surface area contributed by atoms with Crippen molar-refractivity contribution in [1.82, 2.24) is 10.1 Å². The van der Waals surface area contributed by atoms with Crippen LogP contribution in [0.3, 0.4) is 0 Å². The van der Waals surface area contributed by atoms with Crippen LogP contribution in [-0.2, 0) is 79.7 Å². The van der Waals surface area contributed by atoms with Gasteiger partial charge in [0.05, 0.1) is 90.0 Å². The number of fused-ring (bicyclic) bond motifs is 8. The number of hydroxylamine groups is 4. The topological polar surface area (TPSA) is 170 Å². The lowest BCUT2D eigenvalue weighted by atomic mass is 9.60. The molecule has 70 heavy (non-hydrogen) atoms. The number of hydrogen-bond acceptors (Lipinski definition) is 18. The van der Waals surface area contributed by atoms with Gasteiger partial charge in [-0.3, -0.25) is 19.3 Å². The van der Waals surface area contributed by atoms with Gasteiger partial charge in [0.25, 0.3) is 0 Å². The Balaban J connectivity index is 0.000000174. The first kappa shape index (κ1) is 51.4. The summed E-state index contributed by atoms with van der Waals surface area (Å²) in [6.07, 6.45) is 7.12. The number of hydrogen-bond donors (Lipinski definition) is 0. The molecule has 388 valence electrons. The molecule has 8 aliphatic rings. The molecule has 4 saturated heterocycles. The van der Waals surface area contributed by atoms with Gasteiger partial charge in [-0.05, 0) is 101 Å². The van der Waals surface area contributed by atoms with Crippen LogP contribution in [0.2, 0.25) is 0 Å². The highest BCUT2D eigenvalue weighted by molar-refractivity contribution is 5.76. The highest BCUT2D eigenvalue weighted by Gasteiger charge is 2.80. The van der Waals surface area contributed by atoms with Crippen molar-refractivity contribution in [3.63, 3.8) is 0 Å². The minimum atomic E-state index is -0.965. The van der Waals surface area contributed by atoms with E-state index in [-0.39, 0.29) is 49.8 Å². The molecule has 4 aliphatic heterocycles. The molecule has 18 heteroatoms. The summed E-state index contributed by atoms with van der Waals surface area (Å²) in [6, 6.07) is 15.5. The lowest BCUT2D eigenvalue weighted by Gasteiger charge is -2.55. The molecule has 2 aromatic carbocycles. The van der Waals surface area contributed by atoms with Crippen LogP contribution in [-0.4, -0.2) is 152 Å². The highest BCUT2D eigenvalue weighted by Crippen LogP contribution is 2.69. The van der Waals surface area contributed by atoms with Crippen LogP contribution in [0, 0.1) is 22.7 Å². The minimum Gasteiger partial charge on any atom is -0.497 e. The molecule has 2 aromatic rings. The molecule has 0 N–H and O–H groups in total. The number of carbonyl (C=O) groups excluding carboxylic acids is 2. The van der Waals surface area contributed by atoms with Crippen molar-refractivity contribution < 1.29 is 76.1 Å². The molecule has 0 aromatic heterocycles. The molecule has 10 atom stereocenters. The lowest BCUT2D eigenvalue weighted by Crippen LogP contribution is -2.67. The fourth-order valence-electron chi connectivity index (χ4n) is 14.6. The maximum Gasteiger partial charge on any atom is 0.313 e. The van der Waals surface area contributed by atoms with Crippen molar-refractivity contribution >= 4 is 11.9 Å². The predicted octanol–water partition coefficient (Wildman–Crippen LogP) is 6.11. The Kier molecular flexibility index (Phi) is 15.3. The van der Waals surface area contributed by atoms with Crippen molar-refractivity contribution in [1.29, 1.82) is 0 Å². The summed E-state index contributed by atoms with van der Waals surface area (Å²) < 4.78 is 70.3. The van der Waals surface area contributed by atoms with Crippen LogP contribution in [0.1, 0.15) is 89.2 Å². The second-order valence-corrected chi connectivity index (χ2v) is 20.2. The Morgan fingerprint density at radius 3 is 1.24 bits per heavy atom.